The zero-order chi connectivity index (χ0) is 14.3. The van der Waals surface area contributed by atoms with Gasteiger partial charge in [0.1, 0.15) is 10.3 Å². The Balaban J connectivity index is 2.88. The van der Waals surface area contributed by atoms with Gasteiger partial charge < -0.3 is 9.64 Å². The Hall–Kier alpha value is -1.35. The maximum absolute atomic E-state index is 12.3. The predicted octanol–water partition coefficient (Wildman–Crippen LogP) is 2.39. The highest BCUT2D eigenvalue weighted by atomic mass is 35.5. The van der Waals surface area contributed by atoms with Crippen molar-refractivity contribution in [2.75, 3.05) is 26.8 Å². The third kappa shape index (κ3) is 4.67. The Kier molecular flexibility index (Phi) is 6.57. The Bertz CT molecular complexity index is 488. The summed E-state index contributed by atoms with van der Waals surface area (Å²) in [5.74, 6) is -0.290. The summed E-state index contributed by atoms with van der Waals surface area (Å²) in [6.45, 7) is 1.09. The van der Waals surface area contributed by atoms with Crippen molar-refractivity contribution >= 4 is 29.1 Å². The van der Waals surface area contributed by atoms with Crippen molar-refractivity contribution in [3.05, 3.63) is 28.0 Å². The van der Waals surface area contributed by atoms with E-state index in [2.05, 4.69) is 4.98 Å². The van der Waals surface area contributed by atoms with Crippen molar-refractivity contribution in [1.82, 2.24) is 9.88 Å². The van der Waals surface area contributed by atoms with Crippen LogP contribution in [0.4, 0.5) is 0 Å². The van der Waals surface area contributed by atoms with Crippen molar-refractivity contribution in [3.63, 3.8) is 0 Å². The summed E-state index contributed by atoms with van der Waals surface area (Å²) in [4.78, 5) is 17.6. The summed E-state index contributed by atoms with van der Waals surface area (Å²) in [6, 6.07) is 5.02. The van der Waals surface area contributed by atoms with Gasteiger partial charge in [0.2, 0.25) is 0 Å². The second-order valence-corrected chi connectivity index (χ2v) is 4.41. The van der Waals surface area contributed by atoms with Gasteiger partial charge in [-0.05, 0) is 12.1 Å². The van der Waals surface area contributed by atoms with Gasteiger partial charge in [0.05, 0.1) is 24.7 Å². The molecule has 1 aromatic rings. The fourth-order valence-electron chi connectivity index (χ4n) is 1.44. The number of nitrogens with zero attached hydrogens (tertiary/aromatic N) is 3. The number of aromatic nitrogens is 1. The number of carbonyl (C=O) groups is 1. The highest BCUT2D eigenvalue weighted by molar-refractivity contribution is 6.34. The molecule has 0 bridgehead atoms. The molecule has 0 spiro atoms. The molecule has 0 radical (unpaired) electrons. The topological polar surface area (TPSA) is 66.2 Å². The molecule has 7 heteroatoms. The minimum atomic E-state index is -0.290. The monoisotopic (exact) mass is 301 g/mol. The zero-order valence-electron chi connectivity index (χ0n) is 10.4. The highest BCUT2D eigenvalue weighted by Gasteiger charge is 2.19. The van der Waals surface area contributed by atoms with Crippen LogP contribution in [0.15, 0.2) is 12.1 Å². The molecule has 0 aliphatic carbocycles. The molecular weight excluding hydrogens is 289 g/mol. The molecule has 102 valence electrons. The second-order valence-electron chi connectivity index (χ2n) is 3.67. The fourth-order valence-corrected chi connectivity index (χ4v) is 1.87. The van der Waals surface area contributed by atoms with Crippen LogP contribution in [0.3, 0.4) is 0 Å². The summed E-state index contributed by atoms with van der Waals surface area (Å²) >= 11 is 11.6. The number of methoxy groups -OCH3 is 1. The SMILES string of the molecule is COCCN(CCC#N)C(=O)c1ccc(Cl)nc1Cl. The van der Waals surface area contributed by atoms with Crippen LogP contribution in [-0.2, 0) is 4.74 Å². The third-order valence-electron chi connectivity index (χ3n) is 2.39. The molecule has 1 aromatic heterocycles. The lowest BCUT2D eigenvalue weighted by atomic mass is 10.2. The molecule has 1 rings (SSSR count). The first-order valence-corrected chi connectivity index (χ1v) is 6.33. The molecule has 0 unspecified atom stereocenters. The predicted molar refractivity (Wildman–Crippen MR) is 72.3 cm³/mol. The fraction of sp³-hybridized carbons (Fsp3) is 0.417. The summed E-state index contributed by atoms with van der Waals surface area (Å²) < 4.78 is 4.94. The lowest BCUT2D eigenvalue weighted by Crippen LogP contribution is -2.35. The number of carbonyl (C=O) groups excluding carboxylic acids is 1. The smallest absolute Gasteiger partial charge is 0.257 e. The maximum Gasteiger partial charge on any atom is 0.257 e. The van der Waals surface area contributed by atoms with Gasteiger partial charge in [0.25, 0.3) is 5.91 Å². The summed E-state index contributed by atoms with van der Waals surface area (Å²) in [7, 11) is 1.55. The molecular formula is C12H13Cl2N3O2. The van der Waals surface area contributed by atoms with E-state index in [4.69, 9.17) is 33.2 Å². The Morgan fingerprint density at radius 3 is 2.79 bits per heavy atom. The van der Waals surface area contributed by atoms with Gasteiger partial charge in [-0.2, -0.15) is 5.26 Å². The maximum atomic E-state index is 12.3. The average molecular weight is 302 g/mol. The van der Waals surface area contributed by atoms with Crippen LogP contribution in [0.5, 0.6) is 0 Å². The van der Waals surface area contributed by atoms with Gasteiger partial charge in [0, 0.05) is 20.2 Å². The Morgan fingerprint density at radius 2 is 2.21 bits per heavy atom. The van der Waals surface area contributed by atoms with E-state index in [0.717, 1.165) is 0 Å². The van der Waals surface area contributed by atoms with Gasteiger partial charge in [0.15, 0.2) is 0 Å². The van der Waals surface area contributed by atoms with Crippen molar-refractivity contribution in [1.29, 1.82) is 5.26 Å². The second kappa shape index (κ2) is 7.95. The number of nitriles is 1. The van der Waals surface area contributed by atoms with Crippen LogP contribution >= 0.6 is 23.2 Å². The first-order chi connectivity index (χ1) is 9.10. The van der Waals surface area contributed by atoms with E-state index in [1.807, 2.05) is 6.07 Å². The number of halogens is 2. The molecule has 0 N–H and O–H groups in total. The molecule has 1 heterocycles. The normalized spacial score (nSPS) is 10.0. The molecule has 19 heavy (non-hydrogen) atoms. The Labute approximate surface area is 121 Å². The first kappa shape index (κ1) is 15.7. The number of hydrogen-bond donors (Lipinski definition) is 0. The number of rotatable bonds is 6. The molecule has 1 amide bonds. The summed E-state index contributed by atoms with van der Waals surface area (Å²) in [6.07, 6.45) is 0.244. The van der Waals surface area contributed by atoms with E-state index >= 15 is 0 Å². The largest absolute Gasteiger partial charge is 0.383 e. The van der Waals surface area contributed by atoms with E-state index in [1.165, 1.54) is 17.0 Å². The van der Waals surface area contributed by atoms with E-state index in [0.29, 0.717) is 19.7 Å². The number of ether oxygens (including phenoxy) is 1. The van der Waals surface area contributed by atoms with Crippen LogP contribution in [0.25, 0.3) is 0 Å². The average Bonchev–Trinajstić information content (AvgIpc) is 2.38. The summed E-state index contributed by atoms with van der Waals surface area (Å²) in [5, 5.41) is 8.89. The van der Waals surface area contributed by atoms with Crippen LogP contribution < -0.4 is 0 Å². The van der Waals surface area contributed by atoms with Crippen LogP contribution in [0.2, 0.25) is 10.3 Å². The molecule has 5 nitrogen and oxygen atoms in total. The quantitative estimate of drug-likeness (QED) is 0.757. The van der Waals surface area contributed by atoms with Crippen LogP contribution in [0.1, 0.15) is 16.8 Å². The van der Waals surface area contributed by atoms with Crippen LogP contribution in [0, 0.1) is 11.3 Å². The summed E-state index contributed by atoms with van der Waals surface area (Å²) in [5.41, 5.74) is 0.264. The van der Waals surface area contributed by atoms with E-state index in [9.17, 15) is 4.79 Å². The molecule has 0 aliphatic heterocycles. The molecule has 0 saturated carbocycles. The minimum absolute atomic E-state index is 0.0527. The lowest BCUT2D eigenvalue weighted by Gasteiger charge is -2.21. The number of amides is 1. The van der Waals surface area contributed by atoms with E-state index in [-0.39, 0.29) is 28.2 Å². The zero-order valence-corrected chi connectivity index (χ0v) is 11.9. The van der Waals surface area contributed by atoms with Crippen molar-refractivity contribution < 1.29 is 9.53 Å². The third-order valence-corrected chi connectivity index (χ3v) is 2.89. The minimum Gasteiger partial charge on any atom is -0.383 e. The van der Waals surface area contributed by atoms with Crippen LogP contribution in [-0.4, -0.2) is 42.6 Å². The standard InChI is InChI=1S/C12H13Cl2N3O2/c1-19-8-7-17(6-2-5-15)12(18)9-3-4-10(13)16-11(9)14/h3-4H,2,6-8H2,1H3. The number of pyridine rings is 1. The van der Waals surface area contributed by atoms with Gasteiger partial charge in [-0.25, -0.2) is 4.98 Å². The molecule has 0 aliphatic rings. The van der Waals surface area contributed by atoms with E-state index in [1.54, 1.807) is 7.11 Å². The van der Waals surface area contributed by atoms with Gasteiger partial charge in [-0.3, -0.25) is 4.79 Å². The Morgan fingerprint density at radius 1 is 1.47 bits per heavy atom. The number of hydrogen-bond acceptors (Lipinski definition) is 4. The van der Waals surface area contributed by atoms with Crippen molar-refractivity contribution in [2.45, 2.75) is 6.42 Å². The first-order valence-electron chi connectivity index (χ1n) is 5.57. The van der Waals surface area contributed by atoms with Crippen molar-refractivity contribution in [2.24, 2.45) is 0 Å². The molecule has 0 atom stereocenters. The van der Waals surface area contributed by atoms with Gasteiger partial charge >= 0.3 is 0 Å². The molecule has 0 fully saturated rings. The molecule has 0 saturated heterocycles. The van der Waals surface area contributed by atoms with E-state index < -0.39 is 0 Å². The lowest BCUT2D eigenvalue weighted by molar-refractivity contribution is 0.0699. The highest BCUT2D eigenvalue weighted by Crippen LogP contribution is 2.18. The van der Waals surface area contributed by atoms with Gasteiger partial charge in [-0.1, -0.05) is 23.2 Å². The van der Waals surface area contributed by atoms with Crippen molar-refractivity contribution in [3.8, 4) is 6.07 Å². The molecule has 0 aromatic carbocycles. The van der Waals surface area contributed by atoms with Gasteiger partial charge in [-0.15, -0.1) is 0 Å².